The average Bonchev–Trinajstić information content (AvgIpc) is 3.37. The van der Waals surface area contributed by atoms with Gasteiger partial charge in [0.1, 0.15) is 23.8 Å². The second kappa shape index (κ2) is 10.7. The zero-order chi connectivity index (χ0) is 25.0. The molecule has 0 spiro atoms. The monoisotopic (exact) mass is 500 g/mol. The molecule has 36 heavy (non-hydrogen) atoms. The lowest BCUT2D eigenvalue weighted by atomic mass is 9.96. The van der Waals surface area contributed by atoms with Crippen LogP contribution in [0, 0.1) is 5.82 Å². The van der Waals surface area contributed by atoms with Crippen molar-refractivity contribution in [2.75, 3.05) is 59.4 Å². The maximum Gasteiger partial charge on any atom is 0.231 e. The first-order chi connectivity index (χ1) is 17.5. The number of amides is 2. The molecule has 1 atom stereocenters. The van der Waals surface area contributed by atoms with Gasteiger partial charge in [0.05, 0.1) is 39.2 Å². The maximum absolute atomic E-state index is 13.3. The summed E-state index contributed by atoms with van der Waals surface area (Å²) in [4.78, 5) is 29.9. The number of hydrogen-bond donors (Lipinski definition) is 0. The second-order valence-electron chi connectivity index (χ2n) is 9.12. The third kappa shape index (κ3) is 5.71. The fraction of sp³-hybridized carbons (Fsp3) is 0.462. The molecule has 2 aromatic rings. The highest BCUT2D eigenvalue weighted by atomic mass is 19.1. The third-order valence-electron chi connectivity index (χ3n) is 6.55. The molecule has 3 heterocycles. The summed E-state index contributed by atoms with van der Waals surface area (Å²) in [6, 6.07) is 11.1. The van der Waals surface area contributed by atoms with E-state index in [0.717, 1.165) is 5.56 Å². The fourth-order valence-corrected chi connectivity index (χ4v) is 4.59. The third-order valence-corrected chi connectivity index (χ3v) is 6.55. The van der Waals surface area contributed by atoms with Crippen LogP contribution in [-0.4, -0.2) is 86.6 Å². The maximum atomic E-state index is 13.3. The molecular weight excluding hydrogens is 471 g/mol. The zero-order valence-corrected chi connectivity index (χ0v) is 19.9. The van der Waals surface area contributed by atoms with E-state index >= 15 is 0 Å². The Morgan fingerprint density at radius 3 is 2.47 bits per heavy atom. The summed E-state index contributed by atoms with van der Waals surface area (Å²) in [7, 11) is 0. The molecule has 3 aliphatic rings. The van der Waals surface area contributed by atoms with E-state index in [-0.39, 0.29) is 57.0 Å². The van der Waals surface area contributed by atoms with Crippen LogP contribution in [0.3, 0.4) is 0 Å². The van der Waals surface area contributed by atoms with Crippen molar-refractivity contribution >= 4 is 11.8 Å². The lowest BCUT2D eigenvalue weighted by Gasteiger charge is -2.43. The Hall–Kier alpha value is -3.37. The van der Waals surface area contributed by atoms with E-state index in [4.69, 9.17) is 23.7 Å². The minimum absolute atomic E-state index is 0.0442. The molecule has 0 unspecified atom stereocenters. The van der Waals surface area contributed by atoms with Gasteiger partial charge in [0, 0.05) is 19.6 Å². The molecule has 2 amide bonds. The molecule has 0 aliphatic carbocycles. The lowest BCUT2D eigenvalue weighted by Crippen LogP contribution is -2.59. The summed E-state index contributed by atoms with van der Waals surface area (Å²) in [6.07, 6.45) is 0.241. The van der Waals surface area contributed by atoms with E-state index in [0.29, 0.717) is 50.1 Å². The number of carbonyl (C=O) groups excluding carboxylic acids is 2. The molecule has 192 valence electrons. The first-order valence-corrected chi connectivity index (χ1v) is 12.0. The molecule has 2 saturated heterocycles. The minimum Gasteiger partial charge on any atom is -0.490 e. The van der Waals surface area contributed by atoms with E-state index in [1.165, 1.54) is 24.3 Å². The number of nitrogens with zero attached hydrogens (tertiary/aromatic N) is 2. The number of ether oxygens (including phenoxy) is 5. The molecule has 0 aromatic heterocycles. The van der Waals surface area contributed by atoms with Gasteiger partial charge in [0.2, 0.25) is 18.6 Å². The Kier molecular flexibility index (Phi) is 7.24. The highest BCUT2D eigenvalue weighted by molar-refractivity contribution is 5.80. The van der Waals surface area contributed by atoms with Crippen LogP contribution in [0.4, 0.5) is 4.39 Å². The molecule has 10 heteroatoms. The smallest absolute Gasteiger partial charge is 0.231 e. The Balaban J connectivity index is 1.29. The highest BCUT2D eigenvalue weighted by Gasteiger charge is 2.42. The zero-order valence-electron chi connectivity index (χ0n) is 19.9. The number of hydrogen-bond acceptors (Lipinski definition) is 7. The van der Waals surface area contributed by atoms with Crippen LogP contribution < -0.4 is 14.2 Å². The van der Waals surface area contributed by atoms with Gasteiger partial charge in [-0.05, 0) is 42.0 Å². The summed E-state index contributed by atoms with van der Waals surface area (Å²) in [5.74, 6) is 1.22. The van der Waals surface area contributed by atoms with Crippen molar-refractivity contribution in [1.82, 2.24) is 9.80 Å². The standard InChI is InChI=1S/C26H29FN2O7/c27-20-2-4-21(5-3-20)33-17-26(15-25(31)28-7-10-32-11-8-28)16-29(9-12-36-26)24(30)14-19-1-6-22-23(13-19)35-18-34-22/h1-6,13H,7-12,14-18H2/t26-/m1/s1. The Morgan fingerprint density at radius 1 is 0.917 bits per heavy atom. The molecule has 2 aromatic carbocycles. The molecule has 0 saturated carbocycles. The van der Waals surface area contributed by atoms with Gasteiger partial charge in [-0.15, -0.1) is 0 Å². The van der Waals surface area contributed by atoms with Crippen molar-refractivity contribution in [3.63, 3.8) is 0 Å². The van der Waals surface area contributed by atoms with Crippen molar-refractivity contribution < 1.29 is 37.7 Å². The molecule has 0 bridgehead atoms. The average molecular weight is 501 g/mol. The lowest BCUT2D eigenvalue weighted by molar-refractivity contribution is -0.167. The second-order valence-corrected chi connectivity index (χ2v) is 9.12. The van der Waals surface area contributed by atoms with Crippen LogP contribution in [0.15, 0.2) is 42.5 Å². The van der Waals surface area contributed by atoms with Gasteiger partial charge in [-0.2, -0.15) is 0 Å². The number of halogens is 1. The molecule has 0 radical (unpaired) electrons. The van der Waals surface area contributed by atoms with Gasteiger partial charge in [0.15, 0.2) is 11.5 Å². The van der Waals surface area contributed by atoms with E-state index in [1.54, 1.807) is 15.9 Å². The Bertz CT molecular complexity index is 1090. The molecular formula is C26H29FN2O7. The van der Waals surface area contributed by atoms with Crippen molar-refractivity contribution in [3.8, 4) is 17.2 Å². The van der Waals surface area contributed by atoms with Gasteiger partial charge in [0.25, 0.3) is 0 Å². The van der Waals surface area contributed by atoms with Crippen LogP contribution in [0.25, 0.3) is 0 Å². The number of rotatable bonds is 7. The largest absolute Gasteiger partial charge is 0.490 e. The molecule has 0 N–H and O–H groups in total. The normalized spacial score (nSPS) is 21.4. The van der Waals surface area contributed by atoms with E-state index in [9.17, 15) is 14.0 Å². The number of benzene rings is 2. The Labute approximate surface area is 208 Å². The summed E-state index contributed by atoms with van der Waals surface area (Å²) in [5, 5.41) is 0. The molecule has 9 nitrogen and oxygen atoms in total. The van der Waals surface area contributed by atoms with Gasteiger partial charge >= 0.3 is 0 Å². The van der Waals surface area contributed by atoms with E-state index in [2.05, 4.69) is 0 Å². The number of morpholine rings is 2. The summed E-state index contributed by atoms with van der Waals surface area (Å²) in [6.45, 7) is 3.11. The first-order valence-electron chi connectivity index (χ1n) is 12.0. The van der Waals surface area contributed by atoms with Crippen LogP contribution in [0.5, 0.6) is 17.2 Å². The fourth-order valence-electron chi connectivity index (χ4n) is 4.59. The van der Waals surface area contributed by atoms with Gasteiger partial charge in [-0.3, -0.25) is 9.59 Å². The Morgan fingerprint density at radius 2 is 1.67 bits per heavy atom. The van der Waals surface area contributed by atoms with Crippen LogP contribution >= 0.6 is 0 Å². The molecule has 5 rings (SSSR count). The highest BCUT2D eigenvalue weighted by Crippen LogP contribution is 2.33. The minimum atomic E-state index is -1.04. The van der Waals surface area contributed by atoms with Crippen molar-refractivity contribution in [3.05, 3.63) is 53.8 Å². The molecule has 2 fully saturated rings. The number of fused-ring (bicyclic) bond motifs is 1. The molecule has 3 aliphatic heterocycles. The van der Waals surface area contributed by atoms with Crippen LogP contribution in [0.2, 0.25) is 0 Å². The summed E-state index contributed by atoms with van der Waals surface area (Å²) in [5.41, 5.74) is -0.222. The van der Waals surface area contributed by atoms with Gasteiger partial charge < -0.3 is 33.5 Å². The van der Waals surface area contributed by atoms with Crippen LogP contribution in [-0.2, 0) is 25.5 Å². The van der Waals surface area contributed by atoms with Crippen molar-refractivity contribution in [2.24, 2.45) is 0 Å². The van der Waals surface area contributed by atoms with Crippen molar-refractivity contribution in [1.29, 1.82) is 0 Å². The van der Waals surface area contributed by atoms with Crippen LogP contribution in [0.1, 0.15) is 12.0 Å². The predicted octanol–water partition coefficient (Wildman–Crippen LogP) is 2.02. The van der Waals surface area contributed by atoms with Gasteiger partial charge in [-0.1, -0.05) is 6.07 Å². The topological polar surface area (TPSA) is 86.8 Å². The summed E-state index contributed by atoms with van der Waals surface area (Å²) < 4.78 is 41.5. The quantitative estimate of drug-likeness (QED) is 0.575. The van der Waals surface area contributed by atoms with E-state index < -0.39 is 5.60 Å². The van der Waals surface area contributed by atoms with E-state index in [1.807, 2.05) is 12.1 Å². The predicted molar refractivity (Wildman–Crippen MR) is 125 cm³/mol. The number of carbonyl (C=O) groups is 2. The summed E-state index contributed by atoms with van der Waals surface area (Å²) >= 11 is 0. The first kappa shape index (κ1) is 24.3. The van der Waals surface area contributed by atoms with Crippen molar-refractivity contribution in [2.45, 2.75) is 18.4 Å². The SMILES string of the molecule is O=C(C[C@]1(COc2ccc(F)cc2)CN(C(=O)Cc2ccc3c(c2)OCO3)CCO1)N1CCOCC1. The van der Waals surface area contributed by atoms with Gasteiger partial charge in [-0.25, -0.2) is 4.39 Å².